The number of esters is 1. The van der Waals surface area contributed by atoms with Crippen LogP contribution < -0.4 is 5.32 Å². The maximum atomic E-state index is 12.5. The van der Waals surface area contributed by atoms with Crippen LogP contribution in [0.5, 0.6) is 0 Å². The molecule has 0 saturated carbocycles. The van der Waals surface area contributed by atoms with Crippen LogP contribution in [0.3, 0.4) is 0 Å². The van der Waals surface area contributed by atoms with Gasteiger partial charge in [0.25, 0.3) is 0 Å². The number of aliphatic hydroxyl groups excluding tert-OH is 1. The topological polar surface area (TPSA) is 114 Å². The van der Waals surface area contributed by atoms with Gasteiger partial charge in [-0.15, -0.1) is 0 Å². The summed E-state index contributed by atoms with van der Waals surface area (Å²) in [5.74, 6) is 0.747. The Morgan fingerprint density at radius 1 is 0.842 bits per heavy atom. The molecule has 2 N–H and O–H groups in total. The van der Waals surface area contributed by atoms with Gasteiger partial charge in [-0.2, -0.15) is 0 Å². The number of ether oxygens (including phenoxy) is 2. The minimum atomic E-state index is -0.485. The number of aliphatic hydroxyl groups is 1. The molecule has 8 rings (SSSR count). The van der Waals surface area contributed by atoms with Crippen molar-refractivity contribution in [3.8, 4) is 0 Å². The van der Waals surface area contributed by atoms with Gasteiger partial charge in [0.05, 0.1) is 30.7 Å². The second kappa shape index (κ2) is 17.3. The second-order valence-corrected chi connectivity index (χ2v) is 16.9. The molecule has 298 valence electrons. The van der Waals surface area contributed by atoms with Crippen molar-refractivity contribution in [2.75, 3.05) is 39.9 Å². The summed E-state index contributed by atoms with van der Waals surface area (Å²) in [4.78, 5) is 36.4. The standard InChI is InChI=1S/C26H32N2O3.C21H21ClN2O2/c1-17-7-8-21-22(14-17)20(16-29)15-19-6-5-11-27-24(19)23(21)18-9-12-28(13-10-18)25(30)31-26(2,3)4;1-26-21(25)18-11-14-3-2-8-24-20(14)19(13-6-9-23-10-7-13)16-5-4-15(22)12-17(16)18/h5-8,11,14-15,18,23,29H,9-10,12-13,16H2,1-4H3;2-5,8,11-13,19,23H,6-7,9-10H2,1H3. The van der Waals surface area contributed by atoms with Gasteiger partial charge in [-0.1, -0.05) is 53.6 Å². The van der Waals surface area contributed by atoms with Gasteiger partial charge in [0.1, 0.15) is 5.60 Å². The number of carbonyl (C=O) groups excluding carboxylic acids is 2. The van der Waals surface area contributed by atoms with Gasteiger partial charge in [0.2, 0.25) is 0 Å². The van der Waals surface area contributed by atoms with E-state index in [1.165, 1.54) is 18.2 Å². The maximum Gasteiger partial charge on any atom is 0.410 e. The summed E-state index contributed by atoms with van der Waals surface area (Å²) >= 11 is 6.28. The molecule has 2 atom stereocenters. The Kier molecular flexibility index (Phi) is 12.3. The molecular formula is C47H53ClN4O5. The Hall–Kier alpha value is -4.83. The van der Waals surface area contributed by atoms with Crippen molar-refractivity contribution in [2.24, 2.45) is 11.8 Å². The van der Waals surface area contributed by atoms with E-state index in [4.69, 9.17) is 31.0 Å². The lowest BCUT2D eigenvalue weighted by atomic mass is 9.76. The van der Waals surface area contributed by atoms with E-state index in [1.807, 2.05) is 80.5 Å². The van der Waals surface area contributed by atoms with Crippen molar-refractivity contribution in [3.05, 3.63) is 128 Å². The molecule has 0 bridgehead atoms. The van der Waals surface area contributed by atoms with Crippen LogP contribution >= 0.6 is 11.6 Å². The number of nitrogens with zero attached hydrogens (tertiary/aromatic N) is 3. The molecule has 2 aliphatic heterocycles. The van der Waals surface area contributed by atoms with Gasteiger partial charge in [-0.3, -0.25) is 9.97 Å². The molecule has 2 fully saturated rings. The Balaban J connectivity index is 0.000000177. The molecule has 2 aromatic heterocycles. The Labute approximate surface area is 341 Å². The number of fused-ring (bicyclic) bond motifs is 4. The number of aromatic nitrogens is 2. The first-order valence-electron chi connectivity index (χ1n) is 20.1. The third-order valence-corrected chi connectivity index (χ3v) is 11.8. The van der Waals surface area contributed by atoms with Gasteiger partial charge in [0, 0.05) is 42.3 Å². The predicted octanol–water partition coefficient (Wildman–Crippen LogP) is 8.91. The van der Waals surface area contributed by atoms with Gasteiger partial charge in [0.15, 0.2) is 0 Å². The SMILES string of the molecule is COC(=O)C1=Cc2cccnc2C(C2CCNCC2)c2ccc(Cl)cc21.Cc1ccc2c(c1)C(CO)=Cc1cccnc1C2C1CCN(C(=O)OC(C)(C)C)CC1. The number of pyridine rings is 2. The number of piperidine rings is 2. The highest BCUT2D eigenvalue weighted by molar-refractivity contribution is 6.31. The van der Waals surface area contributed by atoms with Gasteiger partial charge in [-0.05, 0) is 154 Å². The molecule has 4 aromatic rings. The number of rotatable bonds is 4. The minimum absolute atomic E-state index is 0.00536. The van der Waals surface area contributed by atoms with E-state index >= 15 is 0 Å². The average Bonchev–Trinajstić information content (AvgIpc) is 3.44. The van der Waals surface area contributed by atoms with Crippen molar-refractivity contribution in [3.63, 3.8) is 0 Å². The number of methoxy groups -OCH3 is 1. The third kappa shape index (κ3) is 8.86. The highest BCUT2D eigenvalue weighted by Crippen LogP contribution is 2.46. The summed E-state index contributed by atoms with van der Waals surface area (Å²) < 4.78 is 10.6. The second-order valence-electron chi connectivity index (χ2n) is 16.5. The zero-order chi connectivity index (χ0) is 40.3. The number of benzene rings is 2. The van der Waals surface area contributed by atoms with Gasteiger partial charge >= 0.3 is 12.1 Å². The quantitative estimate of drug-likeness (QED) is 0.197. The molecule has 2 aliphatic carbocycles. The normalized spacial score (nSPS) is 19.5. The number of amides is 1. The molecule has 0 spiro atoms. The number of likely N-dealkylation sites (tertiary alicyclic amines) is 1. The zero-order valence-electron chi connectivity index (χ0n) is 33.6. The molecule has 2 unspecified atom stereocenters. The smallest absolute Gasteiger partial charge is 0.410 e. The van der Waals surface area contributed by atoms with E-state index in [1.54, 1.807) is 0 Å². The first kappa shape index (κ1) is 40.4. The molecule has 1 amide bonds. The number of hydrogen-bond acceptors (Lipinski definition) is 8. The first-order valence-corrected chi connectivity index (χ1v) is 20.4. The summed E-state index contributed by atoms with van der Waals surface area (Å²) in [6, 6.07) is 20.3. The molecular weight excluding hydrogens is 736 g/mol. The fourth-order valence-electron chi connectivity index (χ4n) is 8.95. The Morgan fingerprint density at radius 3 is 2.05 bits per heavy atom. The summed E-state index contributed by atoms with van der Waals surface area (Å²) in [7, 11) is 1.41. The van der Waals surface area contributed by atoms with Crippen LogP contribution in [-0.2, 0) is 14.3 Å². The number of halogens is 1. The highest BCUT2D eigenvalue weighted by Gasteiger charge is 2.37. The summed E-state index contributed by atoms with van der Waals surface area (Å²) in [6.45, 7) is 11.1. The van der Waals surface area contributed by atoms with Crippen LogP contribution in [0.15, 0.2) is 73.1 Å². The first-order chi connectivity index (χ1) is 27.5. The van der Waals surface area contributed by atoms with Crippen molar-refractivity contribution in [1.82, 2.24) is 20.2 Å². The molecule has 9 nitrogen and oxygen atoms in total. The van der Waals surface area contributed by atoms with Crippen molar-refractivity contribution < 1.29 is 24.2 Å². The van der Waals surface area contributed by atoms with Crippen molar-refractivity contribution in [1.29, 1.82) is 0 Å². The van der Waals surface area contributed by atoms with E-state index in [9.17, 15) is 14.7 Å². The lowest BCUT2D eigenvalue weighted by molar-refractivity contribution is -0.133. The predicted molar refractivity (Wildman–Crippen MR) is 226 cm³/mol. The van der Waals surface area contributed by atoms with Crippen LogP contribution in [0, 0.1) is 18.8 Å². The molecule has 4 heterocycles. The maximum absolute atomic E-state index is 12.5. The van der Waals surface area contributed by atoms with Crippen molar-refractivity contribution in [2.45, 2.75) is 70.8 Å². The number of nitrogens with one attached hydrogen (secondary N) is 1. The summed E-state index contributed by atoms with van der Waals surface area (Å²) in [6.07, 6.45) is 11.4. The number of aryl methyl sites for hydroxylation is 1. The molecule has 0 radical (unpaired) electrons. The van der Waals surface area contributed by atoms with E-state index < -0.39 is 5.60 Å². The fraction of sp³-hybridized carbons (Fsp3) is 0.404. The van der Waals surface area contributed by atoms with Crippen LogP contribution in [0.4, 0.5) is 4.79 Å². The van der Waals surface area contributed by atoms with Crippen LogP contribution in [0.1, 0.15) is 109 Å². The third-order valence-electron chi connectivity index (χ3n) is 11.6. The molecule has 2 aromatic carbocycles. The average molecular weight is 789 g/mol. The molecule has 2 saturated heterocycles. The van der Waals surface area contributed by atoms with Crippen LogP contribution in [0.25, 0.3) is 23.3 Å². The van der Waals surface area contributed by atoms with Crippen LogP contribution in [0.2, 0.25) is 5.02 Å². The minimum Gasteiger partial charge on any atom is -0.465 e. The zero-order valence-corrected chi connectivity index (χ0v) is 34.3. The van der Waals surface area contributed by atoms with E-state index in [0.29, 0.717) is 35.5 Å². The number of carbonyl (C=O) groups is 2. The van der Waals surface area contributed by atoms with E-state index in [2.05, 4.69) is 42.6 Å². The number of hydrogen-bond donors (Lipinski definition) is 2. The summed E-state index contributed by atoms with van der Waals surface area (Å²) in [5.41, 5.74) is 10.6. The Bertz CT molecular complexity index is 2180. The molecule has 57 heavy (non-hydrogen) atoms. The summed E-state index contributed by atoms with van der Waals surface area (Å²) in [5, 5.41) is 14.2. The molecule has 10 heteroatoms. The fourth-order valence-corrected chi connectivity index (χ4v) is 9.12. The molecule has 4 aliphatic rings. The van der Waals surface area contributed by atoms with Crippen LogP contribution in [-0.4, -0.2) is 77.5 Å². The highest BCUT2D eigenvalue weighted by atomic mass is 35.5. The monoisotopic (exact) mass is 788 g/mol. The largest absolute Gasteiger partial charge is 0.465 e. The van der Waals surface area contributed by atoms with Gasteiger partial charge in [-0.25, -0.2) is 9.59 Å². The van der Waals surface area contributed by atoms with Gasteiger partial charge < -0.3 is 24.8 Å². The lowest BCUT2D eigenvalue weighted by Crippen LogP contribution is -2.42. The lowest BCUT2D eigenvalue weighted by Gasteiger charge is -2.37. The van der Waals surface area contributed by atoms with Crippen molar-refractivity contribution >= 4 is 47.0 Å². The van der Waals surface area contributed by atoms with E-state index in [-0.39, 0.29) is 30.5 Å². The Morgan fingerprint density at radius 2 is 1.44 bits per heavy atom. The van der Waals surface area contributed by atoms with E-state index in [0.717, 1.165) is 83.6 Å².